The first-order chi connectivity index (χ1) is 12.1. The lowest BCUT2D eigenvalue weighted by molar-refractivity contribution is -0.0279. The summed E-state index contributed by atoms with van der Waals surface area (Å²) in [6, 6.07) is 6.13. The third-order valence-corrected chi connectivity index (χ3v) is 4.39. The van der Waals surface area contributed by atoms with Gasteiger partial charge in [0.15, 0.2) is 5.96 Å². The first-order valence-electron chi connectivity index (χ1n) is 9.02. The summed E-state index contributed by atoms with van der Waals surface area (Å²) < 4.78 is 10.9. The van der Waals surface area contributed by atoms with Gasteiger partial charge in [0.2, 0.25) is 0 Å². The molecule has 0 radical (unpaired) electrons. The van der Waals surface area contributed by atoms with E-state index in [1.54, 1.807) is 7.11 Å². The summed E-state index contributed by atoms with van der Waals surface area (Å²) in [5.74, 6) is 1.56. The fourth-order valence-corrected chi connectivity index (χ4v) is 2.68. The highest BCUT2D eigenvalue weighted by molar-refractivity contribution is 14.0. The van der Waals surface area contributed by atoms with Gasteiger partial charge in [-0.05, 0) is 44.7 Å². The second-order valence-corrected chi connectivity index (χ2v) is 6.58. The SMILES string of the molecule is CCNC(=NCc1ccc(C)cc1OCCOC)NCC1(O)CCC1.I. The summed E-state index contributed by atoms with van der Waals surface area (Å²) in [6.45, 7) is 6.96. The third kappa shape index (κ3) is 7.28. The van der Waals surface area contributed by atoms with E-state index >= 15 is 0 Å². The molecule has 1 saturated carbocycles. The topological polar surface area (TPSA) is 75.1 Å². The molecule has 2 rings (SSSR count). The number of rotatable bonds is 9. The Morgan fingerprint density at radius 1 is 1.27 bits per heavy atom. The fourth-order valence-electron chi connectivity index (χ4n) is 2.68. The minimum absolute atomic E-state index is 0. The van der Waals surface area contributed by atoms with E-state index in [9.17, 15) is 5.11 Å². The van der Waals surface area contributed by atoms with Crippen molar-refractivity contribution >= 4 is 29.9 Å². The van der Waals surface area contributed by atoms with E-state index in [1.165, 1.54) is 0 Å². The van der Waals surface area contributed by atoms with Crippen molar-refractivity contribution in [3.63, 3.8) is 0 Å². The van der Waals surface area contributed by atoms with Gasteiger partial charge in [0, 0.05) is 25.8 Å². The normalized spacial score (nSPS) is 15.6. The van der Waals surface area contributed by atoms with Crippen LogP contribution in [-0.2, 0) is 11.3 Å². The standard InChI is InChI=1S/C19H31N3O3.HI/c1-4-20-18(22-14-19(23)8-5-9-19)21-13-16-7-6-15(2)12-17(16)25-11-10-24-3;/h6-7,12,23H,4-5,8-11,13-14H2,1-3H3,(H2,20,21,22);1H. The van der Waals surface area contributed by atoms with Crippen molar-refractivity contribution in [1.82, 2.24) is 10.6 Å². The molecule has 0 unspecified atom stereocenters. The molecule has 1 aliphatic carbocycles. The summed E-state index contributed by atoms with van der Waals surface area (Å²) in [6.07, 6.45) is 2.81. The molecule has 1 aromatic rings. The second-order valence-electron chi connectivity index (χ2n) is 6.58. The van der Waals surface area contributed by atoms with E-state index in [-0.39, 0.29) is 24.0 Å². The monoisotopic (exact) mass is 477 g/mol. The molecule has 0 bridgehead atoms. The maximum atomic E-state index is 10.2. The number of guanidine groups is 1. The van der Waals surface area contributed by atoms with Crippen molar-refractivity contribution in [3.05, 3.63) is 29.3 Å². The number of hydrogen-bond acceptors (Lipinski definition) is 4. The van der Waals surface area contributed by atoms with E-state index in [1.807, 2.05) is 26.0 Å². The van der Waals surface area contributed by atoms with E-state index < -0.39 is 5.60 Å². The molecular weight excluding hydrogens is 445 g/mol. The maximum Gasteiger partial charge on any atom is 0.191 e. The number of benzene rings is 1. The van der Waals surface area contributed by atoms with Crippen molar-refractivity contribution in [2.24, 2.45) is 4.99 Å². The molecule has 0 spiro atoms. The molecule has 7 heteroatoms. The van der Waals surface area contributed by atoms with Crippen LogP contribution in [0.3, 0.4) is 0 Å². The quantitative estimate of drug-likeness (QED) is 0.221. The highest BCUT2D eigenvalue weighted by Gasteiger charge is 2.34. The van der Waals surface area contributed by atoms with E-state index in [0.29, 0.717) is 32.3 Å². The van der Waals surface area contributed by atoms with Gasteiger partial charge in [0.1, 0.15) is 12.4 Å². The molecule has 0 atom stereocenters. The van der Waals surface area contributed by atoms with Crippen molar-refractivity contribution in [1.29, 1.82) is 0 Å². The molecule has 0 amide bonds. The average Bonchev–Trinajstić information content (AvgIpc) is 2.57. The number of halogens is 1. The van der Waals surface area contributed by atoms with Crippen LogP contribution in [0.1, 0.15) is 37.3 Å². The van der Waals surface area contributed by atoms with E-state index in [4.69, 9.17) is 9.47 Å². The zero-order chi connectivity index (χ0) is 18.1. The molecule has 148 valence electrons. The Hall–Kier alpha value is -1.06. The zero-order valence-electron chi connectivity index (χ0n) is 16.0. The highest BCUT2D eigenvalue weighted by Crippen LogP contribution is 2.30. The maximum absolute atomic E-state index is 10.2. The lowest BCUT2D eigenvalue weighted by Crippen LogP contribution is -2.50. The summed E-state index contributed by atoms with van der Waals surface area (Å²) in [4.78, 5) is 4.64. The molecule has 1 fully saturated rings. The van der Waals surface area contributed by atoms with Gasteiger partial charge >= 0.3 is 0 Å². The summed E-state index contributed by atoms with van der Waals surface area (Å²) in [5.41, 5.74) is 1.60. The zero-order valence-corrected chi connectivity index (χ0v) is 18.3. The summed E-state index contributed by atoms with van der Waals surface area (Å²) >= 11 is 0. The highest BCUT2D eigenvalue weighted by atomic mass is 127. The van der Waals surface area contributed by atoms with Gasteiger partial charge in [0.25, 0.3) is 0 Å². The number of methoxy groups -OCH3 is 1. The lowest BCUT2D eigenvalue weighted by Gasteiger charge is -2.37. The average molecular weight is 477 g/mol. The molecule has 0 aromatic heterocycles. The summed E-state index contributed by atoms with van der Waals surface area (Å²) in [7, 11) is 1.66. The Balaban J connectivity index is 0.00000338. The van der Waals surface area contributed by atoms with Crippen LogP contribution in [-0.4, -0.2) is 50.1 Å². The van der Waals surface area contributed by atoms with Gasteiger partial charge in [0.05, 0.1) is 18.8 Å². The molecule has 1 aromatic carbocycles. The van der Waals surface area contributed by atoms with Gasteiger partial charge in [-0.1, -0.05) is 12.1 Å². The number of nitrogens with one attached hydrogen (secondary N) is 2. The van der Waals surface area contributed by atoms with Crippen LogP contribution in [0.5, 0.6) is 5.75 Å². The van der Waals surface area contributed by atoms with Gasteiger partial charge in [-0.15, -0.1) is 24.0 Å². The van der Waals surface area contributed by atoms with Crippen molar-refractivity contribution in [3.8, 4) is 5.75 Å². The van der Waals surface area contributed by atoms with Crippen molar-refractivity contribution in [2.45, 2.75) is 45.3 Å². The number of aliphatic hydroxyl groups is 1. The number of ether oxygens (including phenoxy) is 2. The smallest absolute Gasteiger partial charge is 0.191 e. The lowest BCUT2D eigenvalue weighted by atomic mass is 9.80. The van der Waals surface area contributed by atoms with Crippen molar-refractivity contribution < 1.29 is 14.6 Å². The van der Waals surface area contributed by atoms with Crippen LogP contribution in [0.2, 0.25) is 0 Å². The number of nitrogens with zero attached hydrogens (tertiary/aromatic N) is 1. The number of hydrogen-bond donors (Lipinski definition) is 3. The number of aliphatic imine (C=N–C) groups is 1. The Labute approximate surface area is 173 Å². The summed E-state index contributed by atoms with van der Waals surface area (Å²) in [5, 5.41) is 16.7. The van der Waals surface area contributed by atoms with Crippen LogP contribution < -0.4 is 15.4 Å². The van der Waals surface area contributed by atoms with Crippen molar-refractivity contribution in [2.75, 3.05) is 33.4 Å². The molecule has 0 saturated heterocycles. The van der Waals surface area contributed by atoms with Crippen LogP contribution in [0.25, 0.3) is 0 Å². The second kappa shape index (κ2) is 11.6. The van der Waals surface area contributed by atoms with Crippen LogP contribution in [0.4, 0.5) is 0 Å². The van der Waals surface area contributed by atoms with Gasteiger partial charge in [-0.25, -0.2) is 4.99 Å². The molecule has 3 N–H and O–H groups in total. The molecule has 1 aliphatic rings. The van der Waals surface area contributed by atoms with Crippen LogP contribution >= 0.6 is 24.0 Å². The predicted octanol–water partition coefficient (Wildman–Crippen LogP) is 2.61. The van der Waals surface area contributed by atoms with Gasteiger partial charge in [-0.2, -0.15) is 0 Å². The van der Waals surface area contributed by atoms with E-state index in [0.717, 1.165) is 42.7 Å². The largest absolute Gasteiger partial charge is 0.491 e. The predicted molar refractivity (Wildman–Crippen MR) is 116 cm³/mol. The fraction of sp³-hybridized carbons (Fsp3) is 0.632. The van der Waals surface area contributed by atoms with Gasteiger partial charge in [-0.3, -0.25) is 0 Å². The molecular formula is C19H32IN3O3. The van der Waals surface area contributed by atoms with Gasteiger partial charge < -0.3 is 25.2 Å². The van der Waals surface area contributed by atoms with E-state index in [2.05, 4.69) is 21.7 Å². The Morgan fingerprint density at radius 2 is 2.04 bits per heavy atom. The molecule has 26 heavy (non-hydrogen) atoms. The minimum Gasteiger partial charge on any atom is -0.491 e. The third-order valence-electron chi connectivity index (χ3n) is 4.39. The first-order valence-corrected chi connectivity index (χ1v) is 9.02. The number of aryl methyl sites for hydroxylation is 1. The minimum atomic E-state index is -0.575. The van der Waals surface area contributed by atoms with Crippen LogP contribution in [0.15, 0.2) is 23.2 Å². The Morgan fingerprint density at radius 3 is 2.65 bits per heavy atom. The first kappa shape index (κ1) is 23.0. The molecule has 6 nitrogen and oxygen atoms in total. The van der Waals surface area contributed by atoms with Crippen LogP contribution in [0, 0.1) is 6.92 Å². The molecule has 0 aliphatic heterocycles. The molecule has 0 heterocycles. The Bertz CT molecular complexity index is 577. The Kier molecular flexibility index (Phi) is 10.3.